The minimum Gasteiger partial charge on any atom is -0.493 e. The number of imidazole rings is 1. The summed E-state index contributed by atoms with van der Waals surface area (Å²) in [5.74, 6) is 1.20. The molecule has 0 atom stereocenters. The number of halogens is 1. The SMILES string of the molecule is COc1cc(/C=C(/C#N)Cn2cnc3ccccc32)ccc1OCc1ccccc1Cl. The standard InChI is InChI=1S/C25H20ClN3O2/c1-30-25-13-18(10-11-24(25)31-16-20-6-2-3-7-21(20)26)12-19(14-27)15-29-17-28-22-8-4-5-9-23(22)29/h2-13,17H,15-16H2,1H3/b19-12-. The van der Waals surface area contributed by atoms with Gasteiger partial charge in [0.25, 0.3) is 0 Å². The van der Waals surface area contributed by atoms with E-state index in [4.69, 9.17) is 21.1 Å². The summed E-state index contributed by atoms with van der Waals surface area (Å²) in [6, 6.07) is 23.3. The van der Waals surface area contributed by atoms with Crippen LogP contribution in [0.25, 0.3) is 17.1 Å². The molecule has 0 saturated heterocycles. The lowest BCUT2D eigenvalue weighted by Crippen LogP contribution is -1.99. The Balaban J connectivity index is 1.54. The number of hydrogen-bond donors (Lipinski definition) is 0. The second-order valence-electron chi connectivity index (χ2n) is 6.93. The maximum absolute atomic E-state index is 9.66. The Bertz CT molecular complexity index is 1290. The van der Waals surface area contributed by atoms with Gasteiger partial charge in [-0.2, -0.15) is 5.26 Å². The average Bonchev–Trinajstić information content (AvgIpc) is 3.21. The summed E-state index contributed by atoms with van der Waals surface area (Å²) < 4.78 is 13.4. The lowest BCUT2D eigenvalue weighted by atomic mass is 10.1. The van der Waals surface area contributed by atoms with Crippen molar-refractivity contribution in [3.63, 3.8) is 0 Å². The average molecular weight is 430 g/mol. The summed E-state index contributed by atoms with van der Waals surface area (Å²) in [6.45, 7) is 0.770. The molecular weight excluding hydrogens is 410 g/mol. The predicted molar refractivity (Wildman–Crippen MR) is 122 cm³/mol. The van der Waals surface area contributed by atoms with Gasteiger partial charge in [-0.1, -0.05) is 48.0 Å². The van der Waals surface area contributed by atoms with Gasteiger partial charge in [0.1, 0.15) is 6.61 Å². The second-order valence-corrected chi connectivity index (χ2v) is 7.34. The third-order valence-electron chi connectivity index (χ3n) is 4.88. The number of ether oxygens (including phenoxy) is 2. The van der Waals surface area contributed by atoms with Crippen molar-refractivity contribution in [3.8, 4) is 17.6 Å². The van der Waals surface area contributed by atoms with E-state index in [1.807, 2.05) is 77.4 Å². The van der Waals surface area contributed by atoms with Gasteiger partial charge in [-0.25, -0.2) is 4.98 Å². The van der Waals surface area contributed by atoms with Crippen molar-refractivity contribution in [2.45, 2.75) is 13.2 Å². The number of hydrogen-bond acceptors (Lipinski definition) is 4. The van der Waals surface area contributed by atoms with E-state index < -0.39 is 0 Å². The topological polar surface area (TPSA) is 60.1 Å². The Morgan fingerprint density at radius 3 is 2.71 bits per heavy atom. The van der Waals surface area contributed by atoms with Crippen LogP contribution in [0.4, 0.5) is 0 Å². The number of aromatic nitrogens is 2. The zero-order valence-electron chi connectivity index (χ0n) is 17.0. The molecule has 0 bridgehead atoms. The predicted octanol–water partition coefficient (Wildman–Crippen LogP) is 5.88. The van der Waals surface area contributed by atoms with Gasteiger partial charge in [0.15, 0.2) is 11.5 Å². The fourth-order valence-electron chi connectivity index (χ4n) is 3.30. The molecule has 0 aliphatic rings. The number of nitriles is 1. The summed E-state index contributed by atoms with van der Waals surface area (Å²) in [7, 11) is 1.59. The Hall–Kier alpha value is -3.75. The molecule has 1 aromatic heterocycles. The number of nitrogens with zero attached hydrogens (tertiary/aromatic N) is 3. The summed E-state index contributed by atoms with van der Waals surface area (Å²) in [4.78, 5) is 4.38. The molecule has 0 radical (unpaired) electrons. The van der Waals surface area contributed by atoms with Crippen molar-refractivity contribution in [1.29, 1.82) is 5.26 Å². The number of fused-ring (bicyclic) bond motifs is 1. The van der Waals surface area contributed by atoms with Gasteiger partial charge in [0.05, 0.1) is 37.1 Å². The molecule has 0 aliphatic carbocycles. The zero-order valence-corrected chi connectivity index (χ0v) is 17.7. The fourth-order valence-corrected chi connectivity index (χ4v) is 3.49. The highest BCUT2D eigenvalue weighted by molar-refractivity contribution is 6.31. The van der Waals surface area contributed by atoms with Crippen molar-refractivity contribution in [1.82, 2.24) is 9.55 Å². The molecule has 4 rings (SSSR count). The molecule has 0 aliphatic heterocycles. The molecular formula is C25H20ClN3O2. The van der Waals surface area contributed by atoms with Crippen LogP contribution in [0.1, 0.15) is 11.1 Å². The monoisotopic (exact) mass is 429 g/mol. The normalized spacial score (nSPS) is 11.3. The summed E-state index contributed by atoms with van der Waals surface area (Å²) in [5, 5.41) is 10.3. The first-order valence-electron chi connectivity index (χ1n) is 9.72. The molecule has 3 aromatic carbocycles. The molecule has 6 heteroatoms. The lowest BCUT2D eigenvalue weighted by Gasteiger charge is -2.12. The Morgan fingerprint density at radius 1 is 1.10 bits per heavy atom. The fraction of sp³-hybridized carbons (Fsp3) is 0.120. The quantitative estimate of drug-likeness (QED) is 0.344. The number of benzene rings is 3. The van der Waals surface area contributed by atoms with Gasteiger partial charge in [0, 0.05) is 16.2 Å². The van der Waals surface area contributed by atoms with Gasteiger partial charge in [-0.3, -0.25) is 0 Å². The van der Waals surface area contributed by atoms with E-state index >= 15 is 0 Å². The van der Waals surface area contributed by atoms with Crippen molar-refractivity contribution < 1.29 is 9.47 Å². The van der Waals surface area contributed by atoms with Crippen LogP contribution in [0.15, 0.2) is 78.6 Å². The van der Waals surface area contributed by atoms with E-state index in [-0.39, 0.29) is 0 Å². The van der Waals surface area contributed by atoms with Gasteiger partial charge in [0.2, 0.25) is 0 Å². The smallest absolute Gasteiger partial charge is 0.161 e. The maximum atomic E-state index is 9.66. The van der Waals surface area contributed by atoms with Crippen molar-refractivity contribution >= 4 is 28.7 Å². The van der Waals surface area contributed by atoms with E-state index in [9.17, 15) is 5.26 Å². The van der Waals surface area contributed by atoms with Crippen LogP contribution in [-0.4, -0.2) is 16.7 Å². The largest absolute Gasteiger partial charge is 0.493 e. The van der Waals surface area contributed by atoms with E-state index in [1.165, 1.54) is 0 Å². The third kappa shape index (κ3) is 4.71. The summed E-state index contributed by atoms with van der Waals surface area (Å²) in [6.07, 6.45) is 3.59. The number of methoxy groups -OCH3 is 1. The van der Waals surface area contributed by atoms with Gasteiger partial charge in [-0.05, 0) is 42.0 Å². The number of allylic oxidation sites excluding steroid dienone is 1. The maximum Gasteiger partial charge on any atom is 0.161 e. The Kier molecular flexibility index (Phi) is 6.21. The summed E-state index contributed by atoms with van der Waals surface area (Å²) in [5.41, 5.74) is 4.25. The molecule has 4 aromatic rings. The molecule has 31 heavy (non-hydrogen) atoms. The molecule has 1 heterocycles. The molecule has 0 fully saturated rings. The van der Waals surface area contributed by atoms with Crippen LogP contribution in [0.3, 0.4) is 0 Å². The molecule has 0 saturated carbocycles. The first-order chi connectivity index (χ1) is 15.2. The van der Waals surface area contributed by atoms with Crippen LogP contribution >= 0.6 is 11.6 Å². The molecule has 0 N–H and O–H groups in total. The third-order valence-corrected chi connectivity index (χ3v) is 5.25. The Labute approximate surface area is 185 Å². The van der Waals surface area contributed by atoms with E-state index in [0.29, 0.717) is 35.2 Å². The number of rotatable bonds is 7. The van der Waals surface area contributed by atoms with Crippen LogP contribution in [-0.2, 0) is 13.2 Å². The molecule has 0 spiro atoms. The lowest BCUT2D eigenvalue weighted by molar-refractivity contribution is 0.284. The molecule has 0 amide bonds. The van der Waals surface area contributed by atoms with Crippen LogP contribution in [0.2, 0.25) is 5.02 Å². The van der Waals surface area contributed by atoms with Crippen molar-refractivity contribution in [3.05, 3.63) is 94.8 Å². The molecule has 0 unspecified atom stereocenters. The highest BCUT2D eigenvalue weighted by atomic mass is 35.5. The molecule has 5 nitrogen and oxygen atoms in total. The second kappa shape index (κ2) is 9.38. The first-order valence-corrected chi connectivity index (χ1v) is 10.1. The highest BCUT2D eigenvalue weighted by Gasteiger charge is 2.09. The van der Waals surface area contributed by atoms with Gasteiger partial charge in [-0.15, -0.1) is 0 Å². The van der Waals surface area contributed by atoms with Crippen molar-refractivity contribution in [2.75, 3.05) is 7.11 Å². The van der Waals surface area contributed by atoms with Gasteiger partial charge < -0.3 is 14.0 Å². The van der Waals surface area contributed by atoms with E-state index in [1.54, 1.807) is 13.4 Å². The zero-order chi connectivity index (χ0) is 21.6. The summed E-state index contributed by atoms with van der Waals surface area (Å²) >= 11 is 6.20. The van der Waals surface area contributed by atoms with Crippen LogP contribution < -0.4 is 9.47 Å². The first kappa shape index (κ1) is 20.5. The highest BCUT2D eigenvalue weighted by Crippen LogP contribution is 2.30. The van der Waals surface area contributed by atoms with Gasteiger partial charge >= 0.3 is 0 Å². The molecule has 154 valence electrons. The Morgan fingerprint density at radius 2 is 1.90 bits per heavy atom. The van der Waals surface area contributed by atoms with Crippen LogP contribution in [0.5, 0.6) is 11.5 Å². The minimum absolute atomic E-state index is 0.336. The minimum atomic E-state index is 0.336. The van der Waals surface area contributed by atoms with Crippen molar-refractivity contribution in [2.24, 2.45) is 0 Å². The van der Waals surface area contributed by atoms with E-state index in [2.05, 4.69) is 11.1 Å². The van der Waals surface area contributed by atoms with E-state index in [0.717, 1.165) is 22.2 Å². The van der Waals surface area contributed by atoms with Crippen LogP contribution in [0, 0.1) is 11.3 Å². The number of para-hydroxylation sites is 2.